The number of H-pyrrole nitrogens is 1. The molecule has 0 unspecified atom stereocenters. The average molecular weight is 433 g/mol. The lowest BCUT2D eigenvalue weighted by Crippen LogP contribution is -2.17. The Labute approximate surface area is 134 Å². The number of halogens is 2. The lowest BCUT2D eigenvalue weighted by Gasteiger charge is -2.10. The van der Waals surface area contributed by atoms with E-state index in [0.29, 0.717) is 9.39 Å². The van der Waals surface area contributed by atoms with E-state index in [2.05, 4.69) is 48.5 Å². The maximum Gasteiger partial charge on any atom is 0.264 e. The van der Waals surface area contributed by atoms with Crippen LogP contribution in [-0.2, 0) is 0 Å². The first-order valence-electron chi connectivity index (χ1n) is 5.96. The second-order valence-electron chi connectivity index (χ2n) is 4.73. The van der Waals surface area contributed by atoms with Crippen LogP contribution in [0.4, 0.5) is 0 Å². The summed E-state index contributed by atoms with van der Waals surface area (Å²) in [6.45, 7) is 6.10. The van der Waals surface area contributed by atoms with Crippen LogP contribution in [0.5, 0.6) is 0 Å². The van der Waals surface area contributed by atoms with Gasteiger partial charge in [-0.2, -0.15) is 0 Å². The SMILES string of the molecule is Cc1cc(-c2nc(C(C)C)c(I)c(=O)[nH]2)ccc1Br. The fourth-order valence-electron chi connectivity index (χ4n) is 1.79. The van der Waals surface area contributed by atoms with Gasteiger partial charge in [0.05, 0.1) is 9.26 Å². The van der Waals surface area contributed by atoms with E-state index in [-0.39, 0.29) is 11.5 Å². The number of rotatable bonds is 2. The number of aryl methyl sites for hydroxylation is 1. The van der Waals surface area contributed by atoms with Crippen LogP contribution in [0.15, 0.2) is 27.5 Å². The van der Waals surface area contributed by atoms with E-state index < -0.39 is 0 Å². The monoisotopic (exact) mass is 432 g/mol. The summed E-state index contributed by atoms with van der Waals surface area (Å²) < 4.78 is 1.72. The number of aromatic nitrogens is 2. The van der Waals surface area contributed by atoms with Crippen LogP contribution in [0.3, 0.4) is 0 Å². The van der Waals surface area contributed by atoms with Crippen molar-refractivity contribution in [2.45, 2.75) is 26.7 Å². The Morgan fingerprint density at radius 3 is 2.63 bits per heavy atom. The topological polar surface area (TPSA) is 45.8 Å². The van der Waals surface area contributed by atoms with E-state index in [0.717, 1.165) is 21.3 Å². The molecule has 0 bridgehead atoms. The van der Waals surface area contributed by atoms with Crippen LogP contribution >= 0.6 is 38.5 Å². The molecular weight excluding hydrogens is 419 g/mol. The summed E-state index contributed by atoms with van der Waals surface area (Å²) in [5, 5.41) is 0. The molecule has 1 N–H and O–H groups in total. The Balaban J connectivity index is 2.63. The normalized spacial score (nSPS) is 11.1. The minimum Gasteiger partial charge on any atom is -0.306 e. The van der Waals surface area contributed by atoms with E-state index in [9.17, 15) is 4.79 Å². The second-order valence-corrected chi connectivity index (χ2v) is 6.67. The van der Waals surface area contributed by atoms with Crippen LogP contribution in [0, 0.1) is 10.5 Å². The van der Waals surface area contributed by atoms with Gasteiger partial charge in [0.25, 0.3) is 5.56 Å². The summed E-state index contributed by atoms with van der Waals surface area (Å²) in [5.41, 5.74) is 2.82. The molecule has 0 aliphatic carbocycles. The smallest absolute Gasteiger partial charge is 0.264 e. The van der Waals surface area contributed by atoms with Crippen molar-refractivity contribution >= 4 is 38.5 Å². The Morgan fingerprint density at radius 2 is 2.05 bits per heavy atom. The Hall–Kier alpha value is -0.690. The zero-order valence-corrected chi connectivity index (χ0v) is 14.7. The number of hydrogen-bond acceptors (Lipinski definition) is 2. The summed E-state index contributed by atoms with van der Waals surface area (Å²) >= 11 is 5.53. The molecule has 0 aliphatic rings. The van der Waals surface area contributed by atoms with Crippen molar-refractivity contribution in [2.75, 3.05) is 0 Å². The lowest BCUT2D eigenvalue weighted by molar-refractivity contribution is 0.802. The van der Waals surface area contributed by atoms with Gasteiger partial charge >= 0.3 is 0 Å². The number of benzene rings is 1. The molecule has 0 amide bonds. The zero-order chi connectivity index (χ0) is 14.2. The molecule has 2 rings (SSSR count). The van der Waals surface area contributed by atoms with Crippen molar-refractivity contribution in [3.8, 4) is 11.4 Å². The van der Waals surface area contributed by atoms with Gasteiger partial charge in [-0.15, -0.1) is 0 Å². The average Bonchev–Trinajstić information content (AvgIpc) is 2.35. The van der Waals surface area contributed by atoms with Crippen molar-refractivity contribution in [1.29, 1.82) is 0 Å². The van der Waals surface area contributed by atoms with Crippen molar-refractivity contribution in [3.05, 3.63) is 47.9 Å². The van der Waals surface area contributed by atoms with Gasteiger partial charge in [0, 0.05) is 10.0 Å². The number of nitrogens with zero attached hydrogens (tertiary/aromatic N) is 1. The summed E-state index contributed by atoms with van der Waals surface area (Å²) in [5.74, 6) is 0.856. The van der Waals surface area contributed by atoms with Gasteiger partial charge in [0.15, 0.2) is 0 Å². The predicted molar refractivity (Wildman–Crippen MR) is 89.5 cm³/mol. The fourth-order valence-corrected chi connectivity index (χ4v) is 2.91. The van der Waals surface area contributed by atoms with Crippen molar-refractivity contribution in [3.63, 3.8) is 0 Å². The first kappa shape index (κ1) is 14.7. The molecule has 1 heterocycles. The van der Waals surface area contributed by atoms with Gasteiger partial charge < -0.3 is 4.98 Å². The highest BCUT2D eigenvalue weighted by molar-refractivity contribution is 14.1. The molecule has 0 saturated heterocycles. The Morgan fingerprint density at radius 1 is 1.37 bits per heavy atom. The number of aromatic amines is 1. The maximum absolute atomic E-state index is 12.0. The van der Waals surface area contributed by atoms with Gasteiger partial charge in [-0.05, 0) is 53.1 Å². The first-order valence-corrected chi connectivity index (χ1v) is 7.83. The maximum atomic E-state index is 12.0. The van der Waals surface area contributed by atoms with E-state index in [4.69, 9.17) is 0 Å². The molecule has 5 heteroatoms. The molecule has 0 saturated carbocycles. The molecular formula is C14H14BrIN2O. The van der Waals surface area contributed by atoms with E-state index >= 15 is 0 Å². The standard InChI is InChI=1S/C14H14BrIN2O/c1-7(2)12-11(16)14(19)18-13(17-12)9-4-5-10(15)8(3)6-9/h4-7H,1-3H3,(H,17,18,19). The van der Waals surface area contributed by atoms with E-state index in [1.54, 1.807) is 0 Å². The largest absolute Gasteiger partial charge is 0.306 e. The molecule has 0 aliphatic heterocycles. The summed E-state index contributed by atoms with van der Waals surface area (Å²) in [6.07, 6.45) is 0. The lowest BCUT2D eigenvalue weighted by atomic mass is 10.1. The molecule has 2 aromatic rings. The second kappa shape index (κ2) is 5.75. The third-order valence-corrected chi connectivity index (χ3v) is 4.80. The van der Waals surface area contributed by atoms with Crippen molar-refractivity contribution < 1.29 is 0 Å². The van der Waals surface area contributed by atoms with E-state index in [1.165, 1.54) is 0 Å². The first-order chi connectivity index (χ1) is 8.90. The summed E-state index contributed by atoms with van der Waals surface area (Å²) in [4.78, 5) is 19.4. The number of nitrogens with one attached hydrogen (secondary N) is 1. The minimum atomic E-state index is -0.0742. The summed E-state index contributed by atoms with van der Waals surface area (Å²) in [7, 11) is 0. The fraction of sp³-hybridized carbons (Fsp3) is 0.286. The van der Waals surface area contributed by atoms with E-state index in [1.807, 2.05) is 39.0 Å². The van der Waals surface area contributed by atoms with Gasteiger partial charge in [-0.1, -0.05) is 35.8 Å². The third kappa shape index (κ3) is 3.08. The summed E-state index contributed by atoms with van der Waals surface area (Å²) in [6, 6.07) is 5.93. The highest BCUT2D eigenvalue weighted by Gasteiger charge is 2.13. The molecule has 1 aromatic heterocycles. The Kier molecular flexibility index (Phi) is 4.45. The van der Waals surface area contributed by atoms with Crippen LogP contribution in [0.25, 0.3) is 11.4 Å². The molecule has 1 aromatic carbocycles. The van der Waals surface area contributed by atoms with Crippen LogP contribution in [0.2, 0.25) is 0 Å². The molecule has 3 nitrogen and oxygen atoms in total. The number of hydrogen-bond donors (Lipinski definition) is 1. The van der Waals surface area contributed by atoms with Gasteiger partial charge in [-0.3, -0.25) is 4.79 Å². The molecule has 19 heavy (non-hydrogen) atoms. The highest BCUT2D eigenvalue weighted by Crippen LogP contribution is 2.24. The Bertz CT molecular complexity index is 680. The van der Waals surface area contributed by atoms with Gasteiger partial charge in [-0.25, -0.2) is 4.98 Å². The molecule has 0 atom stereocenters. The molecule has 100 valence electrons. The molecule has 0 radical (unpaired) electrons. The van der Waals surface area contributed by atoms with Gasteiger partial charge in [0.2, 0.25) is 0 Å². The minimum absolute atomic E-state index is 0.0742. The van der Waals surface area contributed by atoms with Crippen LogP contribution < -0.4 is 5.56 Å². The quantitative estimate of drug-likeness (QED) is 0.721. The predicted octanol–water partition coefficient (Wildman–Crippen LogP) is 4.24. The molecule has 0 spiro atoms. The zero-order valence-electron chi connectivity index (χ0n) is 10.9. The van der Waals surface area contributed by atoms with Gasteiger partial charge in [0.1, 0.15) is 5.82 Å². The highest BCUT2D eigenvalue weighted by atomic mass is 127. The third-order valence-electron chi connectivity index (χ3n) is 2.87. The van der Waals surface area contributed by atoms with Crippen molar-refractivity contribution in [2.24, 2.45) is 0 Å². The van der Waals surface area contributed by atoms with Crippen LogP contribution in [-0.4, -0.2) is 9.97 Å². The van der Waals surface area contributed by atoms with Crippen LogP contribution in [0.1, 0.15) is 31.0 Å². The molecule has 0 fully saturated rings. The van der Waals surface area contributed by atoms with Crippen molar-refractivity contribution in [1.82, 2.24) is 9.97 Å².